The van der Waals surface area contributed by atoms with Gasteiger partial charge in [-0.1, -0.05) is 62.7 Å². The Labute approximate surface area is 249 Å². The molecule has 0 bridgehead atoms. The van der Waals surface area contributed by atoms with Crippen molar-refractivity contribution in [1.82, 2.24) is 15.5 Å². The van der Waals surface area contributed by atoms with Crippen molar-refractivity contribution in [2.45, 2.75) is 84.0 Å². The minimum Gasteiger partial charge on any atom is -0.497 e. The highest BCUT2D eigenvalue weighted by molar-refractivity contribution is 5.98. The predicted octanol–water partition coefficient (Wildman–Crippen LogP) is 3.94. The lowest BCUT2D eigenvalue weighted by atomic mass is 9.98. The van der Waals surface area contributed by atoms with Crippen molar-refractivity contribution in [3.63, 3.8) is 0 Å². The Hall–Kier alpha value is -3.72. The average molecular weight is 580 g/mol. The minimum absolute atomic E-state index is 0.0782. The fourth-order valence-corrected chi connectivity index (χ4v) is 4.99. The molecule has 42 heavy (non-hydrogen) atoms. The molecule has 0 saturated carbocycles. The molecule has 0 spiro atoms. The summed E-state index contributed by atoms with van der Waals surface area (Å²) >= 11 is 0. The van der Waals surface area contributed by atoms with Crippen LogP contribution in [0.15, 0.2) is 54.6 Å². The highest BCUT2D eigenvalue weighted by Crippen LogP contribution is 2.20. The van der Waals surface area contributed by atoms with E-state index in [1.807, 2.05) is 49.1 Å². The van der Waals surface area contributed by atoms with Gasteiger partial charge < -0.3 is 20.1 Å². The molecule has 1 fully saturated rings. The molecule has 3 atom stereocenters. The van der Waals surface area contributed by atoms with Gasteiger partial charge in [0.25, 0.3) is 0 Å². The molecular formula is C33H45N3O6. The van der Waals surface area contributed by atoms with Gasteiger partial charge in [-0.25, -0.2) is 4.79 Å². The number of amides is 2. The predicted molar refractivity (Wildman–Crippen MR) is 161 cm³/mol. The molecule has 1 saturated heterocycles. The number of nitrogens with one attached hydrogen (secondary N) is 2. The molecule has 9 heteroatoms. The van der Waals surface area contributed by atoms with Crippen LogP contribution in [0.3, 0.4) is 0 Å². The molecule has 0 radical (unpaired) electrons. The van der Waals surface area contributed by atoms with Gasteiger partial charge in [0.1, 0.15) is 23.4 Å². The van der Waals surface area contributed by atoms with E-state index >= 15 is 0 Å². The molecule has 2 aromatic carbocycles. The molecular weight excluding hydrogens is 534 g/mol. The largest absolute Gasteiger partial charge is 0.497 e. The van der Waals surface area contributed by atoms with Crippen LogP contribution in [0.4, 0.5) is 0 Å². The Morgan fingerprint density at radius 2 is 1.69 bits per heavy atom. The van der Waals surface area contributed by atoms with Crippen molar-refractivity contribution in [2.24, 2.45) is 5.92 Å². The number of rotatable bonds is 12. The lowest BCUT2D eigenvalue weighted by Gasteiger charge is -2.35. The summed E-state index contributed by atoms with van der Waals surface area (Å²) in [6, 6.07) is 14.0. The van der Waals surface area contributed by atoms with Crippen LogP contribution in [0.2, 0.25) is 0 Å². The summed E-state index contributed by atoms with van der Waals surface area (Å²) in [6.07, 6.45) is 2.52. The number of nitrogens with zero attached hydrogens (tertiary/aromatic N) is 1. The second-order valence-electron chi connectivity index (χ2n) is 12.2. The molecule has 2 aromatic rings. The van der Waals surface area contributed by atoms with Crippen LogP contribution in [-0.4, -0.2) is 72.4 Å². The van der Waals surface area contributed by atoms with Gasteiger partial charge in [0.05, 0.1) is 19.7 Å². The van der Waals surface area contributed by atoms with E-state index in [4.69, 9.17) is 9.47 Å². The van der Waals surface area contributed by atoms with Crippen molar-refractivity contribution in [3.05, 3.63) is 65.7 Å². The summed E-state index contributed by atoms with van der Waals surface area (Å²) in [5.74, 6) is -1.05. The van der Waals surface area contributed by atoms with Crippen molar-refractivity contribution < 1.29 is 28.7 Å². The van der Waals surface area contributed by atoms with Gasteiger partial charge in [-0.15, -0.1) is 0 Å². The molecule has 1 aliphatic heterocycles. The number of ketones is 1. The molecule has 3 rings (SSSR count). The van der Waals surface area contributed by atoms with Gasteiger partial charge in [0, 0.05) is 12.0 Å². The third kappa shape index (κ3) is 9.69. The zero-order valence-corrected chi connectivity index (χ0v) is 25.6. The number of ether oxygens (including phenoxy) is 2. The lowest BCUT2D eigenvalue weighted by molar-refractivity contribution is -0.160. The monoisotopic (exact) mass is 579 g/mol. The zero-order valence-electron chi connectivity index (χ0n) is 25.6. The normalized spacial score (nSPS) is 17.2. The van der Waals surface area contributed by atoms with E-state index in [-0.39, 0.29) is 30.6 Å². The summed E-state index contributed by atoms with van der Waals surface area (Å²) in [6.45, 7) is 9.66. The van der Waals surface area contributed by atoms with Crippen molar-refractivity contribution >= 4 is 23.6 Å². The third-order valence-corrected chi connectivity index (χ3v) is 7.20. The van der Waals surface area contributed by atoms with E-state index in [2.05, 4.69) is 10.6 Å². The number of carbonyl (C=O) groups excluding carboxylic acids is 4. The number of benzene rings is 2. The van der Waals surface area contributed by atoms with E-state index in [1.54, 1.807) is 52.1 Å². The van der Waals surface area contributed by atoms with Gasteiger partial charge in [-0.05, 0) is 63.8 Å². The standard InChI is InChI=1S/C33H45N3O6/c1-22(2)29(32(40)42-33(3,4)5)35-30(38)26(19-23-13-8-7-9-14-23)34-31(39)27-17-10-11-18-36(27)21-28(37)24-15-12-16-25(20-24)41-6/h7-9,12-16,20,22,26-27,29H,10-11,17-19,21H2,1-6H3,(H,34,39)(H,35,38)/t26-,27?,29-/m0/s1. The summed E-state index contributed by atoms with van der Waals surface area (Å²) in [5.41, 5.74) is 0.673. The Morgan fingerprint density at radius 1 is 0.976 bits per heavy atom. The van der Waals surface area contributed by atoms with Crippen LogP contribution in [0, 0.1) is 5.92 Å². The van der Waals surface area contributed by atoms with Gasteiger partial charge in [0.15, 0.2) is 5.78 Å². The maximum Gasteiger partial charge on any atom is 0.329 e. The second kappa shape index (κ2) is 15.0. The molecule has 0 aliphatic carbocycles. The quantitative estimate of drug-likeness (QED) is 0.289. The van der Waals surface area contributed by atoms with Gasteiger partial charge >= 0.3 is 5.97 Å². The Kier molecular flexibility index (Phi) is 11.7. The molecule has 1 heterocycles. The van der Waals surface area contributed by atoms with Crippen LogP contribution in [0.5, 0.6) is 5.75 Å². The number of piperidine rings is 1. The third-order valence-electron chi connectivity index (χ3n) is 7.20. The van der Waals surface area contributed by atoms with Crippen LogP contribution >= 0.6 is 0 Å². The molecule has 1 aliphatic rings. The number of hydrogen-bond donors (Lipinski definition) is 2. The topological polar surface area (TPSA) is 114 Å². The first-order valence-corrected chi connectivity index (χ1v) is 14.7. The molecule has 9 nitrogen and oxygen atoms in total. The van der Waals surface area contributed by atoms with Crippen molar-refractivity contribution in [1.29, 1.82) is 0 Å². The maximum absolute atomic E-state index is 13.7. The van der Waals surface area contributed by atoms with E-state index in [1.165, 1.54) is 0 Å². The maximum atomic E-state index is 13.7. The van der Waals surface area contributed by atoms with E-state index in [0.717, 1.165) is 18.4 Å². The van der Waals surface area contributed by atoms with Gasteiger partial charge in [-0.3, -0.25) is 19.3 Å². The second-order valence-corrected chi connectivity index (χ2v) is 12.2. The van der Waals surface area contributed by atoms with Crippen molar-refractivity contribution in [3.8, 4) is 5.75 Å². The lowest BCUT2D eigenvalue weighted by Crippen LogP contribution is -2.58. The van der Waals surface area contributed by atoms with E-state index in [9.17, 15) is 19.2 Å². The smallest absolute Gasteiger partial charge is 0.329 e. The Bertz CT molecular complexity index is 1220. The number of esters is 1. The van der Waals surface area contributed by atoms with E-state index < -0.39 is 35.6 Å². The Morgan fingerprint density at radius 3 is 2.33 bits per heavy atom. The Balaban J connectivity index is 1.78. The first-order valence-electron chi connectivity index (χ1n) is 14.7. The van der Waals surface area contributed by atoms with Crippen LogP contribution in [0.25, 0.3) is 0 Å². The summed E-state index contributed by atoms with van der Waals surface area (Å²) in [4.78, 5) is 55.3. The van der Waals surface area contributed by atoms with Gasteiger partial charge in [-0.2, -0.15) is 0 Å². The zero-order chi connectivity index (χ0) is 30.9. The summed E-state index contributed by atoms with van der Waals surface area (Å²) < 4.78 is 10.8. The first-order chi connectivity index (χ1) is 19.9. The molecule has 0 aromatic heterocycles. The highest BCUT2D eigenvalue weighted by Gasteiger charge is 2.35. The number of hydrogen-bond acceptors (Lipinski definition) is 7. The molecule has 2 N–H and O–H groups in total. The van der Waals surface area contributed by atoms with Gasteiger partial charge in [0.2, 0.25) is 11.8 Å². The molecule has 228 valence electrons. The molecule has 1 unspecified atom stereocenters. The van der Waals surface area contributed by atoms with Crippen molar-refractivity contribution in [2.75, 3.05) is 20.2 Å². The minimum atomic E-state index is -0.929. The number of likely N-dealkylation sites (tertiary alicyclic amines) is 1. The highest BCUT2D eigenvalue weighted by atomic mass is 16.6. The average Bonchev–Trinajstić information content (AvgIpc) is 2.95. The number of Topliss-reactive ketones (excluding diaryl/α,β-unsaturated/α-hetero) is 1. The van der Waals surface area contributed by atoms with Crippen LogP contribution in [0.1, 0.15) is 69.8 Å². The van der Waals surface area contributed by atoms with E-state index in [0.29, 0.717) is 24.3 Å². The summed E-state index contributed by atoms with van der Waals surface area (Å²) in [5, 5.41) is 5.79. The van der Waals surface area contributed by atoms with Crippen LogP contribution in [-0.2, 0) is 25.5 Å². The molecule has 2 amide bonds. The number of methoxy groups -OCH3 is 1. The fourth-order valence-electron chi connectivity index (χ4n) is 4.99. The SMILES string of the molecule is COc1cccc(C(=O)CN2CCCCC2C(=O)N[C@@H](Cc2ccccc2)C(=O)N[C@H](C(=O)OC(C)(C)C)C(C)C)c1. The number of carbonyl (C=O) groups is 4. The first kappa shape index (κ1) is 32.8. The fraction of sp³-hybridized carbons (Fsp3) is 0.515. The van der Waals surface area contributed by atoms with Crippen LogP contribution < -0.4 is 15.4 Å². The summed E-state index contributed by atoms with van der Waals surface area (Å²) in [7, 11) is 1.55.